The van der Waals surface area contributed by atoms with Gasteiger partial charge >= 0.3 is 0 Å². The standard InChI is InChI=1S/C18H21NO2/c1-12(2)21-17-7-5-13(6-8-17)18(19)14-3-4-15-10-20-11-16(15)9-14/h3-9,12,18H,10-11,19H2,1-2H3. The fraction of sp³-hybridized carbons (Fsp3) is 0.333. The van der Waals surface area contributed by atoms with Gasteiger partial charge in [0.15, 0.2) is 0 Å². The van der Waals surface area contributed by atoms with Crippen LogP contribution in [0.5, 0.6) is 5.75 Å². The average Bonchev–Trinajstić information content (AvgIpc) is 2.94. The lowest BCUT2D eigenvalue weighted by Gasteiger charge is -2.15. The highest BCUT2D eigenvalue weighted by molar-refractivity contribution is 5.40. The molecule has 1 aliphatic rings. The van der Waals surface area contributed by atoms with Crippen molar-refractivity contribution in [1.82, 2.24) is 0 Å². The van der Waals surface area contributed by atoms with Gasteiger partial charge in [0, 0.05) is 0 Å². The third-order valence-electron chi connectivity index (χ3n) is 3.72. The Bertz CT molecular complexity index is 620. The third kappa shape index (κ3) is 3.09. The van der Waals surface area contributed by atoms with Crippen molar-refractivity contribution in [2.45, 2.75) is 39.2 Å². The van der Waals surface area contributed by atoms with Crippen LogP contribution in [0.2, 0.25) is 0 Å². The van der Waals surface area contributed by atoms with Gasteiger partial charge in [-0.3, -0.25) is 0 Å². The van der Waals surface area contributed by atoms with Gasteiger partial charge in [0.2, 0.25) is 0 Å². The van der Waals surface area contributed by atoms with Gasteiger partial charge in [0.25, 0.3) is 0 Å². The van der Waals surface area contributed by atoms with Crippen LogP contribution in [0, 0.1) is 0 Å². The maximum absolute atomic E-state index is 6.38. The number of nitrogens with two attached hydrogens (primary N) is 1. The normalized spacial score (nSPS) is 15.0. The summed E-state index contributed by atoms with van der Waals surface area (Å²) in [7, 11) is 0. The van der Waals surface area contributed by atoms with Crippen molar-refractivity contribution in [1.29, 1.82) is 0 Å². The van der Waals surface area contributed by atoms with Crippen LogP contribution in [0.3, 0.4) is 0 Å². The molecule has 0 radical (unpaired) electrons. The molecule has 0 aliphatic carbocycles. The van der Waals surface area contributed by atoms with Crippen LogP contribution in [-0.2, 0) is 18.0 Å². The van der Waals surface area contributed by atoms with E-state index in [0.717, 1.165) is 16.9 Å². The van der Waals surface area contributed by atoms with E-state index in [4.69, 9.17) is 15.2 Å². The molecule has 0 spiro atoms. The molecule has 3 nitrogen and oxygen atoms in total. The largest absolute Gasteiger partial charge is 0.491 e. The van der Waals surface area contributed by atoms with Crippen LogP contribution in [0.25, 0.3) is 0 Å². The number of fused-ring (bicyclic) bond motifs is 1. The second kappa shape index (κ2) is 5.88. The minimum absolute atomic E-state index is 0.121. The molecule has 0 saturated carbocycles. The lowest BCUT2D eigenvalue weighted by Crippen LogP contribution is -2.12. The van der Waals surface area contributed by atoms with Crippen molar-refractivity contribution in [3.05, 3.63) is 64.7 Å². The summed E-state index contributed by atoms with van der Waals surface area (Å²) in [5.41, 5.74) is 11.1. The fourth-order valence-electron chi connectivity index (χ4n) is 2.60. The van der Waals surface area contributed by atoms with Gasteiger partial charge in [-0.15, -0.1) is 0 Å². The second-order valence-corrected chi connectivity index (χ2v) is 5.73. The van der Waals surface area contributed by atoms with E-state index in [1.54, 1.807) is 0 Å². The van der Waals surface area contributed by atoms with E-state index in [1.807, 2.05) is 38.1 Å². The van der Waals surface area contributed by atoms with Crippen molar-refractivity contribution in [2.75, 3.05) is 0 Å². The van der Waals surface area contributed by atoms with Crippen LogP contribution < -0.4 is 10.5 Å². The summed E-state index contributed by atoms with van der Waals surface area (Å²) in [6.45, 7) is 5.45. The summed E-state index contributed by atoms with van der Waals surface area (Å²) in [6.07, 6.45) is 0.182. The predicted molar refractivity (Wildman–Crippen MR) is 83.2 cm³/mol. The molecule has 110 valence electrons. The number of rotatable bonds is 4. The van der Waals surface area contributed by atoms with E-state index in [9.17, 15) is 0 Å². The summed E-state index contributed by atoms with van der Waals surface area (Å²) < 4.78 is 11.1. The maximum Gasteiger partial charge on any atom is 0.119 e. The first-order chi connectivity index (χ1) is 10.1. The minimum atomic E-state index is -0.121. The monoisotopic (exact) mass is 283 g/mol. The molecule has 1 unspecified atom stereocenters. The molecule has 0 saturated heterocycles. The quantitative estimate of drug-likeness (QED) is 0.933. The van der Waals surface area contributed by atoms with Gasteiger partial charge in [-0.1, -0.05) is 30.3 Å². The molecule has 0 bridgehead atoms. The molecule has 3 rings (SSSR count). The topological polar surface area (TPSA) is 44.5 Å². The number of benzene rings is 2. The summed E-state index contributed by atoms with van der Waals surface area (Å²) in [6, 6.07) is 14.3. The Morgan fingerprint density at radius 2 is 1.62 bits per heavy atom. The van der Waals surface area contributed by atoms with E-state index < -0.39 is 0 Å². The molecule has 0 amide bonds. The molecule has 2 aromatic carbocycles. The van der Waals surface area contributed by atoms with E-state index in [0.29, 0.717) is 13.2 Å². The number of ether oxygens (including phenoxy) is 2. The van der Waals surface area contributed by atoms with E-state index in [1.165, 1.54) is 11.1 Å². The molecule has 21 heavy (non-hydrogen) atoms. The molecule has 2 aromatic rings. The first kappa shape index (κ1) is 14.1. The third-order valence-corrected chi connectivity index (χ3v) is 3.72. The zero-order chi connectivity index (χ0) is 14.8. The van der Waals surface area contributed by atoms with Crippen LogP contribution in [0.4, 0.5) is 0 Å². The summed E-state index contributed by atoms with van der Waals surface area (Å²) in [5.74, 6) is 0.878. The van der Waals surface area contributed by atoms with Gasteiger partial charge in [0.05, 0.1) is 25.4 Å². The van der Waals surface area contributed by atoms with Crippen LogP contribution >= 0.6 is 0 Å². The minimum Gasteiger partial charge on any atom is -0.491 e. The van der Waals surface area contributed by atoms with Crippen LogP contribution in [0.15, 0.2) is 42.5 Å². The average molecular weight is 283 g/mol. The van der Waals surface area contributed by atoms with Crippen LogP contribution in [-0.4, -0.2) is 6.10 Å². The number of hydrogen-bond acceptors (Lipinski definition) is 3. The van der Waals surface area contributed by atoms with Crippen molar-refractivity contribution < 1.29 is 9.47 Å². The molecule has 1 heterocycles. The van der Waals surface area contributed by atoms with Gasteiger partial charge in [-0.25, -0.2) is 0 Å². The van der Waals surface area contributed by atoms with Crippen molar-refractivity contribution >= 4 is 0 Å². The Morgan fingerprint density at radius 1 is 0.952 bits per heavy atom. The molecular formula is C18H21NO2. The highest BCUT2D eigenvalue weighted by Gasteiger charge is 2.15. The Hall–Kier alpha value is -1.84. The van der Waals surface area contributed by atoms with Crippen LogP contribution in [0.1, 0.15) is 42.1 Å². The zero-order valence-corrected chi connectivity index (χ0v) is 12.5. The zero-order valence-electron chi connectivity index (χ0n) is 12.5. The SMILES string of the molecule is CC(C)Oc1ccc(C(N)c2ccc3c(c2)COC3)cc1. The Kier molecular flexibility index (Phi) is 3.95. The molecule has 1 aliphatic heterocycles. The summed E-state index contributed by atoms with van der Waals surface area (Å²) in [4.78, 5) is 0. The predicted octanol–water partition coefficient (Wildman–Crippen LogP) is 3.55. The number of hydrogen-bond donors (Lipinski definition) is 1. The summed E-state index contributed by atoms with van der Waals surface area (Å²) >= 11 is 0. The van der Waals surface area contributed by atoms with Crippen molar-refractivity contribution in [3.8, 4) is 5.75 Å². The first-order valence-electron chi connectivity index (χ1n) is 7.35. The van der Waals surface area contributed by atoms with Crippen molar-refractivity contribution in [3.63, 3.8) is 0 Å². The summed E-state index contributed by atoms with van der Waals surface area (Å²) in [5, 5.41) is 0. The van der Waals surface area contributed by atoms with E-state index >= 15 is 0 Å². The molecule has 0 fully saturated rings. The first-order valence-corrected chi connectivity index (χ1v) is 7.35. The Morgan fingerprint density at radius 3 is 2.33 bits per heavy atom. The highest BCUT2D eigenvalue weighted by Crippen LogP contribution is 2.27. The lowest BCUT2D eigenvalue weighted by molar-refractivity contribution is 0.134. The smallest absolute Gasteiger partial charge is 0.119 e. The van der Waals surface area contributed by atoms with Gasteiger partial charge in [0.1, 0.15) is 5.75 Å². The Labute approximate surface area is 125 Å². The lowest BCUT2D eigenvalue weighted by atomic mass is 9.96. The molecule has 1 atom stereocenters. The molecule has 2 N–H and O–H groups in total. The highest BCUT2D eigenvalue weighted by atomic mass is 16.5. The molecule has 3 heteroatoms. The fourth-order valence-corrected chi connectivity index (χ4v) is 2.60. The molecular weight excluding hydrogens is 262 g/mol. The van der Waals surface area contributed by atoms with Crippen molar-refractivity contribution in [2.24, 2.45) is 5.73 Å². The maximum atomic E-state index is 6.38. The Balaban J connectivity index is 1.79. The van der Waals surface area contributed by atoms with Gasteiger partial charge < -0.3 is 15.2 Å². The van der Waals surface area contributed by atoms with Gasteiger partial charge in [-0.05, 0) is 48.2 Å². The van der Waals surface area contributed by atoms with E-state index in [2.05, 4.69) is 18.2 Å². The molecule has 0 aromatic heterocycles. The van der Waals surface area contributed by atoms with E-state index in [-0.39, 0.29) is 12.1 Å². The van der Waals surface area contributed by atoms with Gasteiger partial charge in [-0.2, -0.15) is 0 Å². The second-order valence-electron chi connectivity index (χ2n) is 5.73.